The fourth-order valence-corrected chi connectivity index (χ4v) is 2.12. The van der Waals surface area contributed by atoms with Crippen molar-refractivity contribution < 1.29 is 0 Å². The van der Waals surface area contributed by atoms with Crippen LogP contribution in [0.3, 0.4) is 0 Å². The van der Waals surface area contributed by atoms with E-state index in [9.17, 15) is 0 Å². The average Bonchev–Trinajstić information content (AvgIpc) is 2.54. The number of hydrogen-bond acceptors (Lipinski definition) is 2. The normalized spacial score (nSPS) is 13.3. The summed E-state index contributed by atoms with van der Waals surface area (Å²) in [6.07, 6.45) is 0. The zero-order valence-corrected chi connectivity index (χ0v) is 9.62. The highest BCUT2D eigenvalue weighted by atomic mass is 35.5. The minimum atomic E-state index is 0.320. The third-order valence-electron chi connectivity index (χ3n) is 2.74. The Hall–Kier alpha value is -1.06. The Morgan fingerprint density at radius 3 is 2.93 bits per heavy atom. The van der Waals surface area contributed by atoms with E-state index >= 15 is 0 Å². The van der Waals surface area contributed by atoms with Gasteiger partial charge in [0, 0.05) is 12.4 Å². The molecule has 0 aliphatic heterocycles. The SMILES string of the molecule is CC(CN)c1cccc2c(Cl)nn(C)c12. The predicted molar refractivity (Wildman–Crippen MR) is 63.2 cm³/mol. The minimum Gasteiger partial charge on any atom is -0.330 e. The lowest BCUT2D eigenvalue weighted by Crippen LogP contribution is -2.10. The first kappa shape index (κ1) is 10.5. The van der Waals surface area contributed by atoms with Crippen LogP contribution in [0.5, 0.6) is 0 Å². The summed E-state index contributed by atoms with van der Waals surface area (Å²) in [7, 11) is 1.90. The lowest BCUT2D eigenvalue weighted by Gasteiger charge is -2.10. The summed E-state index contributed by atoms with van der Waals surface area (Å²) >= 11 is 6.03. The molecular weight excluding hydrogens is 210 g/mol. The van der Waals surface area contributed by atoms with Crippen molar-refractivity contribution in [3.8, 4) is 0 Å². The fraction of sp³-hybridized carbons (Fsp3) is 0.364. The van der Waals surface area contributed by atoms with Gasteiger partial charge in [-0.2, -0.15) is 5.10 Å². The van der Waals surface area contributed by atoms with E-state index in [1.807, 2.05) is 23.9 Å². The summed E-state index contributed by atoms with van der Waals surface area (Å²) in [6, 6.07) is 6.06. The molecule has 2 N–H and O–H groups in total. The van der Waals surface area contributed by atoms with Gasteiger partial charge in [0.2, 0.25) is 0 Å². The standard InChI is InChI=1S/C11H14ClN3/c1-7(6-13)8-4-3-5-9-10(8)15(2)14-11(9)12/h3-5,7H,6,13H2,1-2H3. The number of rotatable bonds is 2. The molecule has 3 nitrogen and oxygen atoms in total. The molecule has 1 heterocycles. The van der Waals surface area contributed by atoms with E-state index in [4.69, 9.17) is 17.3 Å². The Morgan fingerprint density at radius 2 is 2.27 bits per heavy atom. The fourth-order valence-electron chi connectivity index (χ4n) is 1.85. The molecule has 0 bridgehead atoms. The summed E-state index contributed by atoms with van der Waals surface area (Å²) in [6.45, 7) is 2.73. The lowest BCUT2D eigenvalue weighted by atomic mass is 9.99. The zero-order chi connectivity index (χ0) is 11.0. The molecule has 0 saturated carbocycles. The van der Waals surface area contributed by atoms with Gasteiger partial charge >= 0.3 is 0 Å². The first-order valence-electron chi connectivity index (χ1n) is 4.96. The van der Waals surface area contributed by atoms with Crippen LogP contribution in [0.4, 0.5) is 0 Å². The van der Waals surface area contributed by atoms with Crippen molar-refractivity contribution in [2.24, 2.45) is 12.8 Å². The lowest BCUT2D eigenvalue weighted by molar-refractivity contribution is 0.752. The molecule has 1 atom stereocenters. The molecule has 1 unspecified atom stereocenters. The van der Waals surface area contributed by atoms with Crippen LogP contribution in [0.2, 0.25) is 5.15 Å². The van der Waals surface area contributed by atoms with Crippen molar-refractivity contribution in [1.29, 1.82) is 0 Å². The molecule has 1 aromatic heterocycles. The molecule has 80 valence electrons. The van der Waals surface area contributed by atoms with Crippen LogP contribution in [0.25, 0.3) is 10.9 Å². The molecule has 0 amide bonds. The Labute approximate surface area is 93.8 Å². The molecule has 15 heavy (non-hydrogen) atoms. The summed E-state index contributed by atoms with van der Waals surface area (Å²) < 4.78 is 1.82. The Bertz CT molecular complexity index is 490. The molecule has 0 radical (unpaired) electrons. The smallest absolute Gasteiger partial charge is 0.158 e. The first-order valence-corrected chi connectivity index (χ1v) is 5.34. The second-order valence-electron chi connectivity index (χ2n) is 3.79. The van der Waals surface area contributed by atoms with Gasteiger partial charge in [0.05, 0.1) is 5.52 Å². The van der Waals surface area contributed by atoms with Gasteiger partial charge in [0.25, 0.3) is 0 Å². The van der Waals surface area contributed by atoms with E-state index in [2.05, 4.69) is 18.1 Å². The summed E-state index contributed by atoms with van der Waals surface area (Å²) in [5.74, 6) is 0.320. The molecule has 2 aromatic rings. The second kappa shape index (κ2) is 3.83. The number of benzene rings is 1. The van der Waals surface area contributed by atoms with E-state index in [-0.39, 0.29) is 0 Å². The highest BCUT2D eigenvalue weighted by Gasteiger charge is 2.13. The van der Waals surface area contributed by atoms with Crippen LogP contribution in [0.1, 0.15) is 18.4 Å². The van der Waals surface area contributed by atoms with Crippen molar-refractivity contribution in [2.75, 3.05) is 6.54 Å². The van der Waals surface area contributed by atoms with Gasteiger partial charge in [0.15, 0.2) is 5.15 Å². The van der Waals surface area contributed by atoms with Gasteiger partial charge in [-0.15, -0.1) is 0 Å². The van der Waals surface area contributed by atoms with Crippen molar-refractivity contribution in [3.05, 3.63) is 28.9 Å². The predicted octanol–water partition coefficient (Wildman–Crippen LogP) is 2.29. The third kappa shape index (κ3) is 1.62. The minimum absolute atomic E-state index is 0.320. The van der Waals surface area contributed by atoms with Crippen LogP contribution in [-0.2, 0) is 7.05 Å². The van der Waals surface area contributed by atoms with Gasteiger partial charge in [-0.25, -0.2) is 0 Å². The summed E-state index contributed by atoms with van der Waals surface area (Å²) in [5, 5.41) is 5.76. The summed E-state index contributed by atoms with van der Waals surface area (Å²) in [4.78, 5) is 0. The maximum Gasteiger partial charge on any atom is 0.158 e. The number of nitrogens with zero attached hydrogens (tertiary/aromatic N) is 2. The number of hydrogen-bond donors (Lipinski definition) is 1. The van der Waals surface area contributed by atoms with E-state index in [1.54, 1.807) is 0 Å². The van der Waals surface area contributed by atoms with E-state index in [1.165, 1.54) is 5.56 Å². The molecule has 4 heteroatoms. The number of aryl methyl sites for hydroxylation is 1. The summed E-state index contributed by atoms with van der Waals surface area (Å²) in [5.41, 5.74) is 7.98. The highest BCUT2D eigenvalue weighted by Crippen LogP contribution is 2.28. The molecule has 2 rings (SSSR count). The maximum absolute atomic E-state index is 6.03. The second-order valence-corrected chi connectivity index (χ2v) is 4.15. The van der Waals surface area contributed by atoms with Gasteiger partial charge in [-0.05, 0) is 24.1 Å². The molecule has 0 aliphatic carbocycles. The monoisotopic (exact) mass is 223 g/mol. The quantitative estimate of drug-likeness (QED) is 0.849. The zero-order valence-electron chi connectivity index (χ0n) is 8.87. The van der Waals surface area contributed by atoms with Crippen molar-refractivity contribution in [1.82, 2.24) is 9.78 Å². The Morgan fingerprint density at radius 1 is 1.53 bits per heavy atom. The van der Waals surface area contributed by atoms with Gasteiger partial charge < -0.3 is 5.73 Å². The first-order chi connectivity index (χ1) is 7.15. The van der Waals surface area contributed by atoms with Crippen LogP contribution < -0.4 is 5.73 Å². The van der Waals surface area contributed by atoms with Crippen LogP contribution >= 0.6 is 11.6 Å². The molecular formula is C11H14ClN3. The number of halogens is 1. The van der Waals surface area contributed by atoms with Crippen molar-refractivity contribution in [3.63, 3.8) is 0 Å². The Kier molecular flexibility index (Phi) is 2.67. The van der Waals surface area contributed by atoms with E-state index in [0.717, 1.165) is 10.9 Å². The Balaban J connectivity index is 2.75. The third-order valence-corrected chi connectivity index (χ3v) is 3.01. The number of fused-ring (bicyclic) bond motifs is 1. The van der Waals surface area contributed by atoms with Crippen molar-refractivity contribution in [2.45, 2.75) is 12.8 Å². The average molecular weight is 224 g/mol. The van der Waals surface area contributed by atoms with Crippen LogP contribution in [0, 0.1) is 0 Å². The van der Waals surface area contributed by atoms with Gasteiger partial charge in [-0.3, -0.25) is 4.68 Å². The number of para-hydroxylation sites is 1. The molecule has 0 aliphatic rings. The number of aromatic nitrogens is 2. The molecule has 0 spiro atoms. The van der Waals surface area contributed by atoms with Gasteiger partial charge in [-0.1, -0.05) is 30.7 Å². The van der Waals surface area contributed by atoms with E-state index < -0.39 is 0 Å². The molecule has 1 aromatic carbocycles. The highest BCUT2D eigenvalue weighted by molar-refractivity contribution is 6.34. The topological polar surface area (TPSA) is 43.8 Å². The van der Waals surface area contributed by atoms with Gasteiger partial charge in [0.1, 0.15) is 0 Å². The molecule has 0 fully saturated rings. The van der Waals surface area contributed by atoms with E-state index in [0.29, 0.717) is 17.6 Å². The molecule has 0 saturated heterocycles. The van der Waals surface area contributed by atoms with Crippen LogP contribution in [-0.4, -0.2) is 16.3 Å². The van der Waals surface area contributed by atoms with Crippen molar-refractivity contribution >= 4 is 22.5 Å². The maximum atomic E-state index is 6.03. The number of nitrogens with two attached hydrogens (primary N) is 1. The van der Waals surface area contributed by atoms with Crippen LogP contribution in [0.15, 0.2) is 18.2 Å². The largest absolute Gasteiger partial charge is 0.330 e.